The molecule has 0 unspecified atom stereocenters. The summed E-state index contributed by atoms with van der Waals surface area (Å²) in [5, 5.41) is 7.38. The maximum atomic E-state index is 14.3. The van der Waals surface area contributed by atoms with E-state index in [2.05, 4.69) is 10.5 Å². The molecule has 0 spiro atoms. The molecule has 1 atom stereocenters. The minimum atomic E-state index is -0.704. The minimum Gasteiger partial charge on any atom is -0.497 e. The molecule has 2 amide bonds. The van der Waals surface area contributed by atoms with E-state index in [-0.39, 0.29) is 25.0 Å². The van der Waals surface area contributed by atoms with Crippen LogP contribution in [0, 0.1) is 0 Å². The zero-order valence-corrected chi connectivity index (χ0v) is 23.0. The maximum absolute atomic E-state index is 14.3. The van der Waals surface area contributed by atoms with E-state index in [4.69, 9.17) is 9.57 Å². The first kappa shape index (κ1) is 27.6. The topological polar surface area (TPSA) is 80.2 Å². The Balaban J connectivity index is 1.38. The lowest BCUT2D eigenvalue weighted by Crippen LogP contribution is -2.47. The molecule has 0 saturated carbocycles. The predicted molar refractivity (Wildman–Crippen MR) is 158 cm³/mol. The number of hydrogen-bond donors (Lipinski definition) is 1. The van der Waals surface area contributed by atoms with Gasteiger partial charge in [-0.15, -0.1) is 0 Å². The normalized spacial score (nSPS) is 15.6. The number of amides is 2. The summed E-state index contributed by atoms with van der Waals surface area (Å²) in [5.74, 6) is -0.160. The van der Waals surface area contributed by atoms with Gasteiger partial charge in [-0.2, -0.15) is 0 Å². The molecule has 1 heterocycles. The molecule has 0 aromatic heterocycles. The molecule has 1 aliphatic rings. The highest BCUT2D eigenvalue weighted by Gasteiger charge is 2.41. The summed E-state index contributed by atoms with van der Waals surface area (Å²) in [6.07, 6.45) is 0.297. The lowest BCUT2D eigenvalue weighted by molar-refractivity contribution is -0.138. The molecule has 0 aliphatic carbocycles. The molecular formula is C34H33N3O4. The highest BCUT2D eigenvalue weighted by Crippen LogP contribution is 2.30. The van der Waals surface area contributed by atoms with Crippen LogP contribution in [0.15, 0.2) is 120 Å². The average molecular weight is 548 g/mol. The standard InChI is InChI=1S/C34H33N3O4/c1-40-30-19-17-26(18-20-30)24-41-36-29-21-31(33(38)35-22-25-11-5-2-6-12-25)37(23-29)34(39)32(27-13-7-3-8-14-27)28-15-9-4-10-16-28/h2-20,31-32H,21-24H2,1H3,(H,35,38)/t31-/m0/s1. The molecular weight excluding hydrogens is 514 g/mol. The monoisotopic (exact) mass is 547 g/mol. The Labute approximate surface area is 240 Å². The lowest BCUT2D eigenvalue weighted by atomic mass is 9.90. The zero-order valence-electron chi connectivity index (χ0n) is 23.0. The van der Waals surface area contributed by atoms with Crippen LogP contribution in [0.5, 0.6) is 5.75 Å². The first-order valence-corrected chi connectivity index (χ1v) is 13.6. The number of nitrogens with zero attached hydrogens (tertiary/aromatic N) is 2. The van der Waals surface area contributed by atoms with Crippen LogP contribution in [0.25, 0.3) is 0 Å². The van der Waals surface area contributed by atoms with Gasteiger partial charge in [-0.25, -0.2) is 0 Å². The van der Waals surface area contributed by atoms with Gasteiger partial charge >= 0.3 is 0 Å². The van der Waals surface area contributed by atoms with Crippen molar-refractivity contribution in [2.24, 2.45) is 5.16 Å². The number of hydrogen-bond acceptors (Lipinski definition) is 5. The van der Waals surface area contributed by atoms with Gasteiger partial charge in [0.1, 0.15) is 18.4 Å². The van der Waals surface area contributed by atoms with Gasteiger partial charge in [-0.1, -0.05) is 108 Å². The second-order valence-electron chi connectivity index (χ2n) is 9.92. The van der Waals surface area contributed by atoms with Gasteiger partial charge in [0.15, 0.2) is 0 Å². The molecule has 208 valence electrons. The highest BCUT2D eigenvalue weighted by atomic mass is 16.6. The quantitative estimate of drug-likeness (QED) is 0.273. The van der Waals surface area contributed by atoms with Gasteiger partial charge in [0.2, 0.25) is 11.8 Å². The molecule has 4 aromatic carbocycles. The predicted octanol–water partition coefficient (Wildman–Crippen LogP) is 5.32. The van der Waals surface area contributed by atoms with E-state index < -0.39 is 12.0 Å². The van der Waals surface area contributed by atoms with E-state index in [1.807, 2.05) is 115 Å². The Morgan fingerprint density at radius 1 is 0.829 bits per heavy atom. The van der Waals surface area contributed by atoms with Crippen molar-refractivity contribution in [1.82, 2.24) is 10.2 Å². The molecule has 1 fully saturated rings. The van der Waals surface area contributed by atoms with Crippen molar-refractivity contribution in [3.63, 3.8) is 0 Å². The van der Waals surface area contributed by atoms with Crippen LogP contribution in [-0.4, -0.2) is 42.1 Å². The second kappa shape index (κ2) is 13.4. The Morgan fingerprint density at radius 2 is 1.41 bits per heavy atom. The second-order valence-corrected chi connectivity index (χ2v) is 9.92. The Kier molecular flexibility index (Phi) is 9.06. The third-order valence-corrected chi connectivity index (χ3v) is 7.15. The number of likely N-dealkylation sites (tertiary alicyclic amines) is 1. The molecule has 4 aromatic rings. The number of carbonyl (C=O) groups is 2. The van der Waals surface area contributed by atoms with E-state index in [9.17, 15) is 9.59 Å². The minimum absolute atomic E-state index is 0.150. The van der Waals surface area contributed by atoms with Crippen LogP contribution >= 0.6 is 0 Å². The number of nitrogens with one attached hydrogen (secondary N) is 1. The molecule has 0 bridgehead atoms. The summed E-state index contributed by atoms with van der Waals surface area (Å²) in [6.45, 7) is 0.851. The first-order chi connectivity index (χ1) is 20.1. The molecule has 5 rings (SSSR count). The molecule has 41 heavy (non-hydrogen) atoms. The number of methoxy groups -OCH3 is 1. The SMILES string of the molecule is COc1ccc(CON=C2C[C@@H](C(=O)NCc3ccccc3)N(C(=O)C(c3ccccc3)c3ccccc3)C2)cc1. The fourth-order valence-electron chi connectivity index (χ4n) is 4.99. The summed E-state index contributed by atoms with van der Waals surface area (Å²) < 4.78 is 5.21. The van der Waals surface area contributed by atoms with Gasteiger partial charge in [-0.05, 0) is 34.4 Å². The van der Waals surface area contributed by atoms with Crippen molar-refractivity contribution in [1.29, 1.82) is 0 Å². The van der Waals surface area contributed by atoms with Gasteiger partial charge in [0.05, 0.1) is 25.3 Å². The van der Waals surface area contributed by atoms with Crippen LogP contribution in [0.3, 0.4) is 0 Å². The van der Waals surface area contributed by atoms with Crippen LogP contribution in [0.4, 0.5) is 0 Å². The number of oxime groups is 1. The molecule has 0 radical (unpaired) electrons. The number of benzene rings is 4. The first-order valence-electron chi connectivity index (χ1n) is 13.6. The Hall–Kier alpha value is -4.91. The number of ether oxygens (including phenoxy) is 1. The fourth-order valence-corrected chi connectivity index (χ4v) is 4.99. The van der Waals surface area contributed by atoms with Gasteiger partial charge < -0.3 is 19.8 Å². The number of carbonyl (C=O) groups excluding carboxylic acids is 2. The number of rotatable bonds is 10. The molecule has 1 saturated heterocycles. The summed E-state index contributed by atoms with van der Waals surface area (Å²) in [5.41, 5.74) is 4.31. The summed E-state index contributed by atoms with van der Waals surface area (Å²) in [6, 6.07) is 35.9. The van der Waals surface area contributed by atoms with Crippen molar-refractivity contribution in [3.05, 3.63) is 138 Å². The Morgan fingerprint density at radius 3 is 2.00 bits per heavy atom. The van der Waals surface area contributed by atoms with Crippen molar-refractivity contribution in [2.45, 2.75) is 31.5 Å². The highest BCUT2D eigenvalue weighted by molar-refractivity contribution is 6.02. The van der Waals surface area contributed by atoms with E-state index in [1.165, 1.54) is 0 Å². The third-order valence-electron chi connectivity index (χ3n) is 7.15. The molecule has 1 N–H and O–H groups in total. The smallest absolute Gasteiger partial charge is 0.243 e. The Bertz CT molecular complexity index is 1420. The van der Waals surface area contributed by atoms with Crippen LogP contribution in [0.1, 0.15) is 34.6 Å². The fraction of sp³-hybridized carbons (Fsp3) is 0.206. The van der Waals surface area contributed by atoms with Crippen molar-refractivity contribution in [2.75, 3.05) is 13.7 Å². The van der Waals surface area contributed by atoms with Crippen LogP contribution < -0.4 is 10.1 Å². The molecule has 1 aliphatic heterocycles. The van der Waals surface area contributed by atoms with E-state index in [1.54, 1.807) is 12.0 Å². The van der Waals surface area contributed by atoms with Crippen LogP contribution in [-0.2, 0) is 27.6 Å². The zero-order chi connectivity index (χ0) is 28.4. The summed E-state index contributed by atoms with van der Waals surface area (Å²) in [4.78, 5) is 35.1. The van der Waals surface area contributed by atoms with Gasteiger partial charge in [0.25, 0.3) is 0 Å². The molecule has 7 nitrogen and oxygen atoms in total. The van der Waals surface area contributed by atoms with Crippen molar-refractivity contribution in [3.8, 4) is 5.75 Å². The van der Waals surface area contributed by atoms with E-state index in [0.29, 0.717) is 18.7 Å². The van der Waals surface area contributed by atoms with E-state index in [0.717, 1.165) is 28.0 Å². The van der Waals surface area contributed by atoms with Crippen LogP contribution in [0.2, 0.25) is 0 Å². The largest absolute Gasteiger partial charge is 0.497 e. The summed E-state index contributed by atoms with van der Waals surface area (Å²) >= 11 is 0. The van der Waals surface area contributed by atoms with Gasteiger partial charge in [-0.3, -0.25) is 9.59 Å². The third kappa shape index (κ3) is 7.00. The average Bonchev–Trinajstić information content (AvgIpc) is 3.46. The van der Waals surface area contributed by atoms with Crippen molar-refractivity contribution >= 4 is 17.5 Å². The molecule has 7 heteroatoms. The van der Waals surface area contributed by atoms with E-state index >= 15 is 0 Å². The summed E-state index contributed by atoms with van der Waals surface area (Å²) in [7, 11) is 1.62. The maximum Gasteiger partial charge on any atom is 0.243 e. The lowest BCUT2D eigenvalue weighted by Gasteiger charge is -2.28. The van der Waals surface area contributed by atoms with Crippen molar-refractivity contribution < 1.29 is 19.2 Å². The van der Waals surface area contributed by atoms with Gasteiger partial charge in [0, 0.05) is 13.0 Å².